The summed E-state index contributed by atoms with van der Waals surface area (Å²) in [4.78, 5) is 27.6. The van der Waals surface area contributed by atoms with E-state index in [2.05, 4.69) is 10.6 Å². The van der Waals surface area contributed by atoms with Crippen LogP contribution in [0.4, 0.5) is 9.59 Å². The summed E-state index contributed by atoms with van der Waals surface area (Å²) < 4.78 is 11.0. The second kappa shape index (κ2) is 17.1. The van der Waals surface area contributed by atoms with Crippen LogP contribution in [0.3, 0.4) is 0 Å². The minimum absolute atomic E-state index is 0.129. The molecule has 9 heteroatoms. The van der Waals surface area contributed by atoms with Gasteiger partial charge >= 0.3 is 12.2 Å². The van der Waals surface area contributed by atoms with Gasteiger partial charge in [0.05, 0.1) is 24.3 Å². The Balaban J connectivity index is 1.85. The van der Waals surface area contributed by atoms with Crippen molar-refractivity contribution in [3.05, 3.63) is 108 Å². The summed E-state index contributed by atoms with van der Waals surface area (Å²) in [5, 5.41) is 29.0. The lowest BCUT2D eigenvalue weighted by Gasteiger charge is -2.34. The maximum Gasteiger partial charge on any atom is 0.407 e. The number of hydrogen-bond acceptors (Lipinski definition) is 7. The average molecular weight is 634 g/mol. The number of alkyl carbamates (subject to hydrolysis) is 2. The van der Waals surface area contributed by atoms with Crippen molar-refractivity contribution >= 4 is 12.2 Å². The van der Waals surface area contributed by atoms with E-state index in [1.807, 2.05) is 95.9 Å². The Morgan fingerprint density at radius 3 is 1.26 bits per heavy atom. The Morgan fingerprint density at radius 2 is 0.935 bits per heavy atom. The molecule has 250 valence electrons. The molecule has 4 N–H and O–H groups in total. The number of carbonyl (C=O) groups is 2. The lowest BCUT2D eigenvalue weighted by molar-refractivity contribution is 0.0189. The van der Waals surface area contributed by atoms with Crippen LogP contribution in [-0.2, 0) is 28.9 Å². The van der Waals surface area contributed by atoms with Crippen molar-refractivity contribution in [2.24, 2.45) is 0 Å². The molecule has 3 aromatic carbocycles. The van der Waals surface area contributed by atoms with Crippen molar-refractivity contribution in [3.8, 4) is 0 Å². The first-order chi connectivity index (χ1) is 21.7. The van der Waals surface area contributed by atoms with Gasteiger partial charge in [0.25, 0.3) is 0 Å². The average Bonchev–Trinajstić information content (AvgIpc) is 2.96. The van der Waals surface area contributed by atoms with Crippen LogP contribution in [0.15, 0.2) is 91.0 Å². The van der Waals surface area contributed by atoms with E-state index in [1.165, 1.54) is 0 Å². The largest absolute Gasteiger partial charge is 0.444 e. The fourth-order valence-corrected chi connectivity index (χ4v) is 5.05. The van der Waals surface area contributed by atoms with Gasteiger partial charge in [-0.3, -0.25) is 4.90 Å². The highest BCUT2D eigenvalue weighted by atomic mass is 16.6. The standard InChI is InChI=1S/C37H51N3O6/c1-36(2,3)45-34(43)38-30(22-27-16-10-7-11-17-27)32(41)25-40(24-29-20-14-9-15-21-29)26-33(42)31(23-28-18-12-8-13-19-28)39-35(44)46-37(4,5)6/h7-21,30-33,41-42H,22-26H2,1-6H3,(H,38,43)(H,39,44)/t30-,31-,32+,33+/m0/s1. The number of ether oxygens (including phenoxy) is 2. The van der Waals surface area contributed by atoms with Crippen LogP contribution in [0.1, 0.15) is 58.2 Å². The minimum Gasteiger partial charge on any atom is -0.444 e. The molecule has 0 radical (unpaired) electrons. The number of aliphatic hydroxyl groups excluding tert-OH is 2. The number of rotatable bonds is 14. The molecule has 0 unspecified atom stereocenters. The number of amides is 2. The zero-order valence-electron chi connectivity index (χ0n) is 28.0. The lowest BCUT2D eigenvalue weighted by Crippen LogP contribution is -2.54. The third-order valence-electron chi connectivity index (χ3n) is 7.07. The third-order valence-corrected chi connectivity index (χ3v) is 7.07. The molecule has 3 rings (SSSR count). The lowest BCUT2D eigenvalue weighted by atomic mass is 9.99. The number of carbonyl (C=O) groups excluding carboxylic acids is 2. The summed E-state index contributed by atoms with van der Waals surface area (Å²) in [6.45, 7) is 11.4. The Morgan fingerprint density at radius 1 is 0.609 bits per heavy atom. The highest BCUT2D eigenvalue weighted by Crippen LogP contribution is 2.16. The maximum atomic E-state index is 12.8. The first-order valence-corrected chi connectivity index (χ1v) is 15.9. The van der Waals surface area contributed by atoms with Crippen molar-refractivity contribution in [3.63, 3.8) is 0 Å². The highest BCUT2D eigenvalue weighted by molar-refractivity contribution is 5.68. The van der Waals surface area contributed by atoms with Gasteiger partial charge in [-0.2, -0.15) is 0 Å². The maximum absolute atomic E-state index is 12.8. The third kappa shape index (κ3) is 14.0. The van der Waals surface area contributed by atoms with Gasteiger partial charge < -0.3 is 30.3 Å². The van der Waals surface area contributed by atoms with Crippen LogP contribution in [0.2, 0.25) is 0 Å². The predicted octanol–water partition coefficient (Wildman–Crippen LogP) is 5.48. The molecule has 0 aliphatic carbocycles. The molecular weight excluding hydrogens is 582 g/mol. The topological polar surface area (TPSA) is 120 Å². The summed E-state index contributed by atoms with van der Waals surface area (Å²) in [5.41, 5.74) is 1.47. The molecule has 0 spiro atoms. The first kappa shape index (κ1) is 36.5. The van der Waals surface area contributed by atoms with E-state index in [-0.39, 0.29) is 13.1 Å². The Kier molecular flexibility index (Phi) is 13.6. The molecule has 4 atom stereocenters. The molecule has 0 aliphatic rings. The summed E-state index contributed by atoms with van der Waals surface area (Å²) in [7, 11) is 0. The van der Waals surface area contributed by atoms with Crippen LogP contribution < -0.4 is 10.6 Å². The van der Waals surface area contributed by atoms with Gasteiger partial charge in [0.1, 0.15) is 11.2 Å². The molecule has 9 nitrogen and oxygen atoms in total. The van der Waals surface area contributed by atoms with E-state index in [9.17, 15) is 19.8 Å². The molecule has 0 heterocycles. The Bertz CT molecular complexity index is 1240. The monoisotopic (exact) mass is 633 g/mol. The molecular formula is C37H51N3O6. The molecule has 0 aromatic heterocycles. The van der Waals surface area contributed by atoms with Crippen molar-refractivity contribution in [2.75, 3.05) is 13.1 Å². The van der Waals surface area contributed by atoms with Crippen LogP contribution in [0.5, 0.6) is 0 Å². The summed E-state index contributed by atoms with van der Waals surface area (Å²) >= 11 is 0. The van der Waals surface area contributed by atoms with Crippen LogP contribution in [0.25, 0.3) is 0 Å². The van der Waals surface area contributed by atoms with Crippen LogP contribution >= 0.6 is 0 Å². The Hall–Kier alpha value is -3.92. The van der Waals surface area contributed by atoms with E-state index < -0.39 is 47.7 Å². The molecule has 46 heavy (non-hydrogen) atoms. The van der Waals surface area contributed by atoms with Crippen LogP contribution in [0, 0.1) is 0 Å². The number of hydrogen-bond donors (Lipinski definition) is 4. The zero-order chi connectivity index (χ0) is 33.7. The second-order valence-electron chi connectivity index (χ2n) is 13.7. The van der Waals surface area contributed by atoms with Crippen molar-refractivity contribution < 1.29 is 29.3 Å². The van der Waals surface area contributed by atoms with E-state index in [4.69, 9.17) is 9.47 Å². The van der Waals surface area contributed by atoms with E-state index >= 15 is 0 Å². The fourth-order valence-electron chi connectivity index (χ4n) is 5.05. The van der Waals surface area contributed by atoms with Gasteiger partial charge in [0.2, 0.25) is 0 Å². The van der Waals surface area contributed by atoms with Gasteiger partial charge in [0, 0.05) is 19.6 Å². The molecule has 0 saturated heterocycles. The SMILES string of the molecule is CC(C)(C)OC(=O)N[C@@H](Cc1ccccc1)[C@H](O)CN(Cc1ccccc1)C[C@@H](O)[C@H](Cc1ccccc1)NC(=O)OC(C)(C)C. The molecule has 2 amide bonds. The van der Waals surface area contributed by atoms with E-state index in [1.54, 1.807) is 41.5 Å². The zero-order valence-corrected chi connectivity index (χ0v) is 28.0. The Labute approximate surface area is 273 Å². The fraction of sp³-hybridized carbons (Fsp3) is 0.459. The van der Waals surface area contributed by atoms with Crippen molar-refractivity contribution in [2.45, 2.75) is 96.4 Å². The van der Waals surface area contributed by atoms with Gasteiger partial charge in [0.15, 0.2) is 0 Å². The first-order valence-electron chi connectivity index (χ1n) is 15.9. The van der Waals surface area contributed by atoms with E-state index in [0.717, 1.165) is 16.7 Å². The highest BCUT2D eigenvalue weighted by Gasteiger charge is 2.30. The second-order valence-corrected chi connectivity index (χ2v) is 13.7. The number of nitrogens with zero attached hydrogens (tertiary/aromatic N) is 1. The van der Waals surface area contributed by atoms with Gasteiger partial charge in [-0.15, -0.1) is 0 Å². The summed E-state index contributed by atoms with van der Waals surface area (Å²) in [6, 6.07) is 27.7. The quantitative estimate of drug-likeness (QED) is 0.186. The van der Waals surface area contributed by atoms with Gasteiger partial charge in [-0.05, 0) is 71.1 Å². The molecule has 3 aromatic rings. The van der Waals surface area contributed by atoms with Crippen molar-refractivity contribution in [1.82, 2.24) is 15.5 Å². The number of aliphatic hydroxyl groups is 2. The summed E-state index contributed by atoms with van der Waals surface area (Å²) in [6.07, 6.45) is -2.53. The van der Waals surface area contributed by atoms with Crippen molar-refractivity contribution in [1.29, 1.82) is 0 Å². The van der Waals surface area contributed by atoms with Crippen LogP contribution in [-0.4, -0.2) is 75.9 Å². The van der Waals surface area contributed by atoms with Gasteiger partial charge in [-0.25, -0.2) is 9.59 Å². The minimum atomic E-state index is -1.02. The molecule has 0 bridgehead atoms. The van der Waals surface area contributed by atoms with E-state index in [0.29, 0.717) is 19.4 Å². The molecule has 0 aliphatic heterocycles. The number of nitrogens with one attached hydrogen (secondary N) is 2. The predicted molar refractivity (Wildman–Crippen MR) is 180 cm³/mol. The summed E-state index contributed by atoms with van der Waals surface area (Å²) in [5.74, 6) is 0. The number of benzene rings is 3. The smallest absolute Gasteiger partial charge is 0.407 e. The molecule has 0 saturated carbocycles. The molecule has 0 fully saturated rings. The van der Waals surface area contributed by atoms with Gasteiger partial charge in [-0.1, -0.05) is 91.0 Å². The normalized spacial score (nSPS) is 14.5.